The molecule has 1 amide bonds. The summed E-state index contributed by atoms with van der Waals surface area (Å²) in [6.45, 7) is 5.85. The topological polar surface area (TPSA) is 92.5 Å². The molecule has 2 rings (SSSR count). The lowest BCUT2D eigenvalue weighted by molar-refractivity contribution is 0.0915. The van der Waals surface area contributed by atoms with E-state index in [0.717, 1.165) is 5.56 Å². The van der Waals surface area contributed by atoms with Gasteiger partial charge in [0.15, 0.2) is 9.84 Å². The third-order valence-corrected chi connectivity index (χ3v) is 5.60. The van der Waals surface area contributed by atoms with E-state index in [4.69, 9.17) is 5.73 Å². The summed E-state index contributed by atoms with van der Waals surface area (Å²) in [6.07, 6.45) is 0. The summed E-state index contributed by atoms with van der Waals surface area (Å²) in [7, 11) is -2.87. The molecule has 0 radical (unpaired) electrons. The number of rotatable bonds is 5. The molecule has 3 N–H and O–H groups in total. The van der Waals surface area contributed by atoms with Crippen LogP contribution in [0.1, 0.15) is 29.8 Å². The maximum Gasteiger partial charge on any atom is 0.251 e. The van der Waals surface area contributed by atoms with Crippen molar-refractivity contribution in [3.8, 4) is 0 Å². The predicted molar refractivity (Wildman–Crippen MR) is 105 cm³/mol. The Hall–Kier alpha value is -0.860. The number of hydrogen-bond acceptors (Lipinski definition) is 5. The second kappa shape index (κ2) is 9.73. The zero-order valence-corrected chi connectivity index (χ0v) is 17.0. The molecule has 0 atom stereocenters. The van der Waals surface area contributed by atoms with Crippen LogP contribution >= 0.6 is 24.8 Å². The second-order valence-electron chi connectivity index (χ2n) is 6.67. The Labute approximate surface area is 162 Å². The van der Waals surface area contributed by atoms with Crippen LogP contribution in [0.3, 0.4) is 0 Å². The SMILES string of the molecule is CC(C)(CN)NC(=O)c1cccc(CN2CCS(=O)(=O)CC2)c1.Cl.Cl. The van der Waals surface area contributed by atoms with Gasteiger partial charge in [-0.2, -0.15) is 0 Å². The van der Waals surface area contributed by atoms with E-state index >= 15 is 0 Å². The van der Waals surface area contributed by atoms with Crippen LogP contribution < -0.4 is 11.1 Å². The molecule has 1 fully saturated rings. The van der Waals surface area contributed by atoms with E-state index in [0.29, 0.717) is 31.7 Å². The Bertz CT molecular complexity index is 667. The molecular formula is C16H27Cl2N3O3S. The van der Waals surface area contributed by atoms with Crippen molar-refractivity contribution >= 4 is 40.6 Å². The minimum absolute atomic E-state index is 0. The van der Waals surface area contributed by atoms with Gasteiger partial charge in [0.1, 0.15) is 0 Å². The second-order valence-corrected chi connectivity index (χ2v) is 8.97. The van der Waals surface area contributed by atoms with Crippen molar-refractivity contribution < 1.29 is 13.2 Å². The van der Waals surface area contributed by atoms with Crippen LogP contribution in [0.2, 0.25) is 0 Å². The van der Waals surface area contributed by atoms with Crippen molar-refractivity contribution in [2.75, 3.05) is 31.1 Å². The van der Waals surface area contributed by atoms with Crippen LogP contribution in [-0.4, -0.2) is 55.9 Å². The molecule has 1 saturated heterocycles. The summed E-state index contributed by atoms with van der Waals surface area (Å²) in [4.78, 5) is 14.4. The number of nitrogens with two attached hydrogens (primary N) is 1. The van der Waals surface area contributed by atoms with Crippen LogP contribution in [0.5, 0.6) is 0 Å². The van der Waals surface area contributed by atoms with Crippen molar-refractivity contribution in [1.82, 2.24) is 10.2 Å². The highest BCUT2D eigenvalue weighted by Gasteiger charge is 2.22. The molecule has 25 heavy (non-hydrogen) atoms. The molecule has 0 bridgehead atoms. The Morgan fingerprint density at radius 1 is 1.24 bits per heavy atom. The minimum atomic E-state index is -2.87. The van der Waals surface area contributed by atoms with Gasteiger partial charge < -0.3 is 11.1 Å². The molecule has 1 aliphatic rings. The average Bonchev–Trinajstić information content (AvgIpc) is 2.49. The molecule has 1 aliphatic heterocycles. The lowest BCUT2D eigenvalue weighted by Crippen LogP contribution is -2.48. The molecule has 6 nitrogen and oxygen atoms in total. The fourth-order valence-electron chi connectivity index (χ4n) is 2.41. The van der Waals surface area contributed by atoms with Gasteiger partial charge in [0.05, 0.1) is 11.5 Å². The quantitative estimate of drug-likeness (QED) is 0.759. The van der Waals surface area contributed by atoms with Gasteiger partial charge in [-0.15, -0.1) is 24.8 Å². The largest absolute Gasteiger partial charge is 0.346 e. The standard InChI is InChI=1S/C16H25N3O3S.2ClH/c1-16(2,12-17)18-15(20)14-5-3-4-13(10-14)11-19-6-8-23(21,22)9-7-19;;/h3-5,10H,6-9,11-12,17H2,1-2H3,(H,18,20);2*1H. The highest BCUT2D eigenvalue weighted by Crippen LogP contribution is 2.12. The maximum atomic E-state index is 12.3. The van der Waals surface area contributed by atoms with E-state index in [1.54, 1.807) is 6.07 Å². The first-order valence-corrected chi connectivity index (χ1v) is 9.57. The Kier molecular flexibility index (Phi) is 9.40. The van der Waals surface area contributed by atoms with Crippen molar-refractivity contribution in [2.24, 2.45) is 5.73 Å². The number of benzene rings is 1. The summed E-state index contributed by atoms with van der Waals surface area (Å²) in [6, 6.07) is 7.42. The number of nitrogens with zero attached hydrogens (tertiary/aromatic N) is 1. The summed E-state index contributed by atoms with van der Waals surface area (Å²) in [5, 5.41) is 2.91. The Morgan fingerprint density at radius 3 is 2.40 bits per heavy atom. The highest BCUT2D eigenvalue weighted by molar-refractivity contribution is 7.91. The zero-order chi connectivity index (χ0) is 17.1. The fraction of sp³-hybridized carbons (Fsp3) is 0.562. The molecule has 0 unspecified atom stereocenters. The summed E-state index contributed by atoms with van der Waals surface area (Å²) in [5.41, 5.74) is 6.78. The number of sulfone groups is 1. The third-order valence-electron chi connectivity index (χ3n) is 3.99. The van der Waals surface area contributed by atoms with Crippen LogP contribution in [-0.2, 0) is 16.4 Å². The first kappa shape index (κ1) is 24.1. The van der Waals surface area contributed by atoms with Gasteiger partial charge >= 0.3 is 0 Å². The van der Waals surface area contributed by atoms with Gasteiger partial charge in [-0.3, -0.25) is 9.69 Å². The summed E-state index contributed by atoms with van der Waals surface area (Å²) in [5.74, 6) is 0.263. The molecule has 0 aromatic heterocycles. The van der Waals surface area contributed by atoms with E-state index in [-0.39, 0.29) is 42.2 Å². The van der Waals surface area contributed by atoms with Crippen molar-refractivity contribution in [2.45, 2.75) is 25.9 Å². The van der Waals surface area contributed by atoms with Gasteiger partial charge in [0.25, 0.3) is 5.91 Å². The van der Waals surface area contributed by atoms with Crippen molar-refractivity contribution in [3.63, 3.8) is 0 Å². The fourth-order valence-corrected chi connectivity index (χ4v) is 3.68. The van der Waals surface area contributed by atoms with E-state index in [1.165, 1.54) is 0 Å². The van der Waals surface area contributed by atoms with Crippen LogP contribution in [0, 0.1) is 0 Å². The number of hydrogen-bond donors (Lipinski definition) is 2. The van der Waals surface area contributed by atoms with Gasteiger partial charge in [-0.05, 0) is 31.5 Å². The maximum absolute atomic E-state index is 12.3. The number of carbonyl (C=O) groups is 1. The summed E-state index contributed by atoms with van der Waals surface area (Å²) >= 11 is 0. The molecule has 0 spiro atoms. The van der Waals surface area contributed by atoms with Gasteiger partial charge in [0, 0.05) is 37.3 Å². The Morgan fingerprint density at radius 2 is 1.84 bits per heavy atom. The number of nitrogens with one attached hydrogen (secondary N) is 1. The molecule has 1 aromatic carbocycles. The normalized spacial score (nSPS) is 17.1. The van der Waals surface area contributed by atoms with E-state index in [1.807, 2.05) is 32.0 Å². The average molecular weight is 412 g/mol. The predicted octanol–water partition coefficient (Wildman–Crippen LogP) is 1.23. The molecule has 9 heteroatoms. The van der Waals surface area contributed by atoms with Crippen LogP contribution in [0.15, 0.2) is 24.3 Å². The monoisotopic (exact) mass is 411 g/mol. The molecular weight excluding hydrogens is 385 g/mol. The lowest BCUT2D eigenvalue weighted by Gasteiger charge is -2.27. The van der Waals surface area contributed by atoms with Crippen LogP contribution in [0.4, 0.5) is 0 Å². The summed E-state index contributed by atoms with van der Waals surface area (Å²) < 4.78 is 22.9. The first-order chi connectivity index (χ1) is 10.7. The highest BCUT2D eigenvalue weighted by atomic mass is 35.5. The van der Waals surface area contributed by atoms with Crippen molar-refractivity contribution in [1.29, 1.82) is 0 Å². The third kappa shape index (κ3) is 7.50. The van der Waals surface area contributed by atoms with Gasteiger partial charge in [-0.1, -0.05) is 12.1 Å². The molecule has 1 heterocycles. The molecule has 0 aliphatic carbocycles. The molecule has 0 saturated carbocycles. The lowest BCUT2D eigenvalue weighted by atomic mass is 10.0. The van der Waals surface area contributed by atoms with E-state index < -0.39 is 15.4 Å². The van der Waals surface area contributed by atoms with Crippen LogP contribution in [0.25, 0.3) is 0 Å². The van der Waals surface area contributed by atoms with Gasteiger partial charge in [-0.25, -0.2) is 8.42 Å². The number of amides is 1. The smallest absolute Gasteiger partial charge is 0.251 e. The minimum Gasteiger partial charge on any atom is -0.346 e. The van der Waals surface area contributed by atoms with Gasteiger partial charge in [0.2, 0.25) is 0 Å². The molecule has 1 aromatic rings. The van der Waals surface area contributed by atoms with E-state index in [9.17, 15) is 13.2 Å². The van der Waals surface area contributed by atoms with Crippen molar-refractivity contribution in [3.05, 3.63) is 35.4 Å². The zero-order valence-electron chi connectivity index (χ0n) is 14.5. The van der Waals surface area contributed by atoms with E-state index in [2.05, 4.69) is 10.2 Å². The first-order valence-electron chi connectivity index (χ1n) is 7.75. The Balaban J connectivity index is 0.00000288. The number of carbonyl (C=O) groups excluding carboxylic acids is 1. The molecule has 144 valence electrons. The number of halogens is 2.